The molecule has 0 spiro atoms. The number of unbranched alkanes of at least 4 members (excludes halogenated alkanes) is 4. The van der Waals surface area contributed by atoms with Crippen LogP contribution in [0.25, 0.3) is 0 Å². The Morgan fingerprint density at radius 1 is 0.923 bits per heavy atom. The Labute approximate surface area is 85.1 Å². The zero-order chi connectivity index (χ0) is 9.94. The summed E-state index contributed by atoms with van der Waals surface area (Å²) >= 11 is 0. The summed E-state index contributed by atoms with van der Waals surface area (Å²) in [5, 5.41) is 0. The van der Waals surface area contributed by atoms with Gasteiger partial charge in [0.05, 0.1) is 0 Å². The molecule has 0 aromatic carbocycles. The zero-order valence-corrected chi connectivity index (χ0v) is 9.36. The second-order valence-electron chi connectivity index (χ2n) is 4.00. The maximum absolute atomic E-state index is 4.01. The van der Waals surface area contributed by atoms with Gasteiger partial charge >= 0.3 is 0 Å². The van der Waals surface area contributed by atoms with Crippen LogP contribution in [0.4, 0.5) is 0 Å². The average molecular weight is 182 g/mol. The van der Waals surface area contributed by atoms with Crippen molar-refractivity contribution in [3.05, 3.63) is 13.8 Å². The van der Waals surface area contributed by atoms with Gasteiger partial charge in [0.1, 0.15) is 0 Å². The summed E-state index contributed by atoms with van der Waals surface area (Å²) in [6.07, 6.45) is 11.8. The Hall–Kier alpha value is 0. The third-order valence-electron chi connectivity index (χ3n) is 2.72. The molecule has 1 unspecified atom stereocenters. The van der Waals surface area contributed by atoms with Crippen LogP contribution >= 0.6 is 0 Å². The van der Waals surface area contributed by atoms with E-state index in [1.807, 2.05) is 0 Å². The molecule has 1 atom stereocenters. The standard InChI is InChI=1S/C13H26/c1-4-7-8-9-10-12-13(6-3)11-5-2/h13H,1,3-12H2,2H3. The largest absolute Gasteiger partial charge is 0.0654 e. The van der Waals surface area contributed by atoms with Crippen molar-refractivity contribution < 1.29 is 0 Å². The van der Waals surface area contributed by atoms with E-state index in [9.17, 15) is 0 Å². The normalized spacial score (nSPS) is 13.2. The highest BCUT2D eigenvalue weighted by atomic mass is 14.1. The Morgan fingerprint density at radius 3 is 2.15 bits per heavy atom. The molecule has 0 aliphatic carbocycles. The van der Waals surface area contributed by atoms with Crippen molar-refractivity contribution in [2.24, 2.45) is 5.92 Å². The number of rotatable bonds is 9. The van der Waals surface area contributed by atoms with Gasteiger partial charge in [-0.3, -0.25) is 0 Å². The van der Waals surface area contributed by atoms with E-state index < -0.39 is 0 Å². The van der Waals surface area contributed by atoms with Crippen LogP contribution in [0.2, 0.25) is 0 Å². The molecule has 0 heteroatoms. The highest BCUT2D eigenvalue weighted by Crippen LogP contribution is 2.18. The zero-order valence-electron chi connectivity index (χ0n) is 9.36. The first-order chi connectivity index (χ1) is 6.35. The summed E-state index contributed by atoms with van der Waals surface area (Å²) in [5.41, 5.74) is 0. The minimum Gasteiger partial charge on any atom is -0.0654 e. The third-order valence-corrected chi connectivity index (χ3v) is 2.72. The van der Waals surface area contributed by atoms with Gasteiger partial charge in [0.15, 0.2) is 0 Å². The molecule has 0 aromatic heterocycles. The predicted molar refractivity (Wildman–Crippen MR) is 61.4 cm³/mol. The van der Waals surface area contributed by atoms with E-state index in [1.165, 1.54) is 44.9 Å². The molecule has 78 valence electrons. The van der Waals surface area contributed by atoms with Gasteiger partial charge in [-0.15, -0.1) is 0 Å². The number of hydrogen-bond acceptors (Lipinski definition) is 0. The molecule has 2 radical (unpaired) electrons. The van der Waals surface area contributed by atoms with E-state index in [2.05, 4.69) is 20.8 Å². The Balaban J connectivity index is 3.17. The predicted octanol–water partition coefficient (Wildman–Crippen LogP) is 4.80. The molecule has 0 amide bonds. The molecule has 0 bridgehead atoms. The molecule has 0 aromatic rings. The van der Waals surface area contributed by atoms with Gasteiger partial charge < -0.3 is 0 Å². The smallest absolute Gasteiger partial charge is 0.0414 e. The van der Waals surface area contributed by atoms with Crippen LogP contribution in [-0.4, -0.2) is 0 Å². The van der Waals surface area contributed by atoms with Crippen LogP contribution in [-0.2, 0) is 0 Å². The van der Waals surface area contributed by atoms with Crippen LogP contribution in [0.1, 0.15) is 64.7 Å². The maximum Gasteiger partial charge on any atom is -0.0414 e. The van der Waals surface area contributed by atoms with E-state index in [0.29, 0.717) is 0 Å². The molecule has 0 saturated carbocycles. The second kappa shape index (κ2) is 10.1. The summed E-state index contributed by atoms with van der Waals surface area (Å²) < 4.78 is 0. The average Bonchev–Trinajstić information content (AvgIpc) is 2.16. The lowest BCUT2D eigenvalue weighted by Crippen LogP contribution is -1.98. The van der Waals surface area contributed by atoms with Crippen molar-refractivity contribution in [3.63, 3.8) is 0 Å². The Morgan fingerprint density at radius 2 is 1.62 bits per heavy atom. The highest BCUT2D eigenvalue weighted by Gasteiger charge is 2.03. The van der Waals surface area contributed by atoms with Gasteiger partial charge in [-0.1, -0.05) is 78.6 Å². The lowest BCUT2D eigenvalue weighted by molar-refractivity contribution is 0.423. The van der Waals surface area contributed by atoms with Crippen LogP contribution in [0.3, 0.4) is 0 Å². The summed E-state index contributed by atoms with van der Waals surface area (Å²) in [4.78, 5) is 0. The van der Waals surface area contributed by atoms with Crippen molar-refractivity contribution >= 4 is 0 Å². The first-order valence-corrected chi connectivity index (χ1v) is 5.93. The fraction of sp³-hybridized carbons (Fsp3) is 0.846. The molecule has 0 aliphatic heterocycles. The SMILES string of the molecule is [CH2]CCCCCCC(C[CH2])CCC. The minimum absolute atomic E-state index is 0.893. The van der Waals surface area contributed by atoms with Crippen LogP contribution in [0.15, 0.2) is 0 Å². The third kappa shape index (κ3) is 8.33. The first-order valence-electron chi connectivity index (χ1n) is 5.93. The van der Waals surface area contributed by atoms with E-state index in [-0.39, 0.29) is 0 Å². The highest BCUT2D eigenvalue weighted by molar-refractivity contribution is 4.60. The Kier molecular flexibility index (Phi) is 10.1. The van der Waals surface area contributed by atoms with Gasteiger partial charge in [0, 0.05) is 0 Å². The fourth-order valence-electron chi connectivity index (χ4n) is 1.80. The van der Waals surface area contributed by atoms with Gasteiger partial charge in [-0.2, -0.15) is 0 Å². The monoisotopic (exact) mass is 182 g/mol. The van der Waals surface area contributed by atoms with Crippen molar-refractivity contribution in [2.45, 2.75) is 64.7 Å². The minimum atomic E-state index is 0.893. The van der Waals surface area contributed by atoms with E-state index >= 15 is 0 Å². The summed E-state index contributed by atoms with van der Waals surface area (Å²) in [7, 11) is 0. The van der Waals surface area contributed by atoms with Crippen molar-refractivity contribution in [1.82, 2.24) is 0 Å². The molecule has 0 nitrogen and oxygen atoms in total. The Bertz CT molecular complexity index is 86.0. The van der Waals surface area contributed by atoms with E-state index in [1.54, 1.807) is 0 Å². The molecule has 0 saturated heterocycles. The fourth-order valence-corrected chi connectivity index (χ4v) is 1.80. The molecule has 0 fully saturated rings. The molecule has 13 heavy (non-hydrogen) atoms. The van der Waals surface area contributed by atoms with E-state index in [4.69, 9.17) is 0 Å². The maximum atomic E-state index is 4.01. The van der Waals surface area contributed by atoms with E-state index in [0.717, 1.165) is 18.8 Å². The van der Waals surface area contributed by atoms with Gasteiger partial charge in [0.25, 0.3) is 0 Å². The lowest BCUT2D eigenvalue weighted by atomic mass is 9.94. The summed E-state index contributed by atoms with van der Waals surface area (Å²) in [6.45, 7) is 10.1. The van der Waals surface area contributed by atoms with Gasteiger partial charge in [-0.25, -0.2) is 0 Å². The second-order valence-corrected chi connectivity index (χ2v) is 4.00. The van der Waals surface area contributed by atoms with Crippen molar-refractivity contribution in [3.8, 4) is 0 Å². The lowest BCUT2D eigenvalue weighted by Gasteiger charge is -2.12. The van der Waals surface area contributed by atoms with Crippen molar-refractivity contribution in [2.75, 3.05) is 0 Å². The molecular formula is C13H26. The van der Waals surface area contributed by atoms with Crippen molar-refractivity contribution in [1.29, 1.82) is 0 Å². The summed E-state index contributed by atoms with van der Waals surface area (Å²) in [6, 6.07) is 0. The molecule has 0 heterocycles. The first kappa shape index (κ1) is 13.0. The number of hydrogen-bond donors (Lipinski definition) is 0. The quantitative estimate of drug-likeness (QED) is 0.449. The van der Waals surface area contributed by atoms with Crippen LogP contribution < -0.4 is 0 Å². The molecule has 0 aliphatic rings. The molecule has 0 rings (SSSR count). The van der Waals surface area contributed by atoms with Crippen LogP contribution in [0, 0.1) is 19.8 Å². The van der Waals surface area contributed by atoms with Gasteiger partial charge in [-0.05, 0) is 5.92 Å². The van der Waals surface area contributed by atoms with Gasteiger partial charge in [0.2, 0.25) is 0 Å². The summed E-state index contributed by atoms with van der Waals surface area (Å²) in [5.74, 6) is 0.893. The van der Waals surface area contributed by atoms with Crippen LogP contribution in [0.5, 0.6) is 0 Å². The molecular weight excluding hydrogens is 156 g/mol. The molecule has 0 N–H and O–H groups in total. The topological polar surface area (TPSA) is 0 Å².